The summed E-state index contributed by atoms with van der Waals surface area (Å²) >= 11 is 0. The second-order valence-electron chi connectivity index (χ2n) is 4.82. The summed E-state index contributed by atoms with van der Waals surface area (Å²) in [5.41, 5.74) is 1.41. The molecule has 3 atom stereocenters. The molecule has 0 N–H and O–H groups in total. The van der Waals surface area contributed by atoms with Crippen LogP contribution in [-0.4, -0.2) is 0 Å². The van der Waals surface area contributed by atoms with Crippen LogP contribution in [0.2, 0.25) is 0 Å². The normalized spacial score (nSPS) is 27.9. The number of nitrogens with zero attached hydrogens (tertiary/aromatic N) is 1. The SMILES string of the molecule is [CH2]CC1C[CH]C(CCC#N)C1c1ccccc1. The maximum absolute atomic E-state index is 8.73. The Morgan fingerprint density at radius 1 is 1.29 bits per heavy atom. The maximum Gasteiger partial charge on any atom is 0.0621 e. The van der Waals surface area contributed by atoms with Crippen molar-refractivity contribution in [3.8, 4) is 6.07 Å². The summed E-state index contributed by atoms with van der Waals surface area (Å²) in [6.07, 6.45) is 6.20. The lowest BCUT2D eigenvalue weighted by atomic mass is 9.80. The molecule has 1 fully saturated rings. The predicted octanol–water partition coefficient (Wildman–Crippen LogP) is 4.14. The van der Waals surface area contributed by atoms with Gasteiger partial charge in [0.15, 0.2) is 0 Å². The summed E-state index contributed by atoms with van der Waals surface area (Å²) in [5.74, 6) is 1.78. The molecule has 1 saturated carbocycles. The van der Waals surface area contributed by atoms with Crippen molar-refractivity contribution < 1.29 is 0 Å². The van der Waals surface area contributed by atoms with Crippen LogP contribution in [0.5, 0.6) is 0 Å². The van der Waals surface area contributed by atoms with E-state index < -0.39 is 0 Å². The minimum absolute atomic E-state index is 0.559. The fourth-order valence-electron chi connectivity index (χ4n) is 3.01. The highest BCUT2D eigenvalue weighted by Crippen LogP contribution is 2.46. The predicted molar refractivity (Wildman–Crippen MR) is 69.9 cm³/mol. The van der Waals surface area contributed by atoms with Gasteiger partial charge in [-0.15, -0.1) is 0 Å². The Morgan fingerprint density at radius 3 is 2.71 bits per heavy atom. The van der Waals surface area contributed by atoms with E-state index in [0.717, 1.165) is 19.3 Å². The fraction of sp³-hybridized carbons (Fsp3) is 0.438. The molecule has 1 aromatic rings. The first-order valence-corrected chi connectivity index (χ1v) is 6.41. The monoisotopic (exact) mass is 225 g/mol. The second-order valence-corrected chi connectivity index (χ2v) is 4.82. The zero-order valence-electron chi connectivity index (χ0n) is 10.2. The Labute approximate surface area is 104 Å². The van der Waals surface area contributed by atoms with Crippen molar-refractivity contribution in [3.05, 3.63) is 49.2 Å². The molecule has 2 radical (unpaired) electrons. The van der Waals surface area contributed by atoms with Crippen molar-refractivity contribution in [3.63, 3.8) is 0 Å². The van der Waals surface area contributed by atoms with Crippen LogP contribution in [0.3, 0.4) is 0 Å². The van der Waals surface area contributed by atoms with Gasteiger partial charge in [0.05, 0.1) is 6.07 Å². The van der Waals surface area contributed by atoms with Gasteiger partial charge in [0.1, 0.15) is 0 Å². The first-order chi connectivity index (χ1) is 8.36. The standard InChI is InChI=1S/C16H19N/c1-2-13-10-11-15(9-6-12-17)16(13)14-7-4-3-5-8-14/h3-5,7-8,11,13,15-16H,1-2,6,9-10H2. The van der Waals surface area contributed by atoms with Crippen LogP contribution in [-0.2, 0) is 0 Å². The third-order valence-corrected chi connectivity index (χ3v) is 3.86. The van der Waals surface area contributed by atoms with E-state index in [2.05, 4.69) is 49.7 Å². The van der Waals surface area contributed by atoms with Gasteiger partial charge in [-0.3, -0.25) is 0 Å². The molecule has 1 heteroatoms. The molecule has 1 aromatic carbocycles. The van der Waals surface area contributed by atoms with E-state index in [0.29, 0.717) is 24.2 Å². The summed E-state index contributed by atoms with van der Waals surface area (Å²) in [4.78, 5) is 0. The highest BCUT2D eigenvalue weighted by atomic mass is 14.4. The van der Waals surface area contributed by atoms with Gasteiger partial charge in [0.2, 0.25) is 0 Å². The van der Waals surface area contributed by atoms with Crippen LogP contribution < -0.4 is 0 Å². The first kappa shape index (κ1) is 12.2. The zero-order chi connectivity index (χ0) is 12.1. The number of rotatable bonds is 4. The van der Waals surface area contributed by atoms with E-state index >= 15 is 0 Å². The Bertz CT molecular complexity index is 376. The molecule has 88 valence electrons. The third-order valence-electron chi connectivity index (χ3n) is 3.86. The van der Waals surface area contributed by atoms with Crippen LogP contribution in [0.25, 0.3) is 0 Å². The largest absolute Gasteiger partial charge is 0.198 e. The number of benzene rings is 1. The highest BCUT2D eigenvalue weighted by molar-refractivity contribution is 5.24. The van der Waals surface area contributed by atoms with Crippen molar-refractivity contribution in [2.75, 3.05) is 0 Å². The summed E-state index contributed by atoms with van der Waals surface area (Å²) in [7, 11) is 0. The molecule has 1 nitrogen and oxygen atoms in total. The van der Waals surface area contributed by atoms with Gasteiger partial charge in [-0.1, -0.05) is 37.3 Å². The van der Waals surface area contributed by atoms with Crippen LogP contribution in [0, 0.1) is 36.5 Å². The van der Waals surface area contributed by atoms with Crippen molar-refractivity contribution in [1.82, 2.24) is 0 Å². The summed E-state index contributed by atoms with van der Waals surface area (Å²) in [6, 6.07) is 13.0. The Hall–Kier alpha value is -1.29. The quantitative estimate of drug-likeness (QED) is 0.755. The van der Waals surface area contributed by atoms with E-state index in [4.69, 9.17) is 5.26 Å². The molecule has 0 amide bonds. The van der Waals surface area contributed by atoms with E-state index in [1.54, 1.807) is 0 Å². The van der Waals surface area contributed by atoms with Gasteiger partial charge in [0, 0.05) is 6.42 Å². The second kappa shape index (κ2) is 5.87. The number of hydrogen-bond acceptors (Lipinski definition) is 1. The van der Waals surface area contributed by atoms with E-state index in [-0.39, 0.29) is 0 Å². The molecule has 0 aromatic heterocycles. The lowest BCUT2D eigenvalue weighted by molar-refractivity contribution is 0.408. The molecule has 1 aliphatic carbocycles. The minimum Gasteiger partial charge on any atom is -0.198 e. The van der Waals surface area contributed by atoms with Crippen LogP contribution in [0.1, 0.15) is 37.2 Å². The molecule has 2 rings (SSSR count). The van der Waals surface area contributed by atoms with E-state index in [1.165, 1.54) is 5.56 Å². The van der Waals surface area contributed by atoms with Gasteiger partial charge in [0.25, 0.3) is 0 Å². The van der Waals surface area contributed by atoms with Gasteiger partial charge in [-0.2, -0.15) is 5.26 Å². The number of nitriles is 1. The third kappa shape index (κ3) is 2.69. The molecule has 0 spiro atoms. The van der Waals surface area contributed by atoms with Crippen molar-refractivity contribution in [2.24, 2.45) is 11.8 Å². The Kier molecular flexibility index (Phi) is 4.20. The van der Waals surface area contributed by atoms with Crippen molar-refractivity contribution >= 4 is 0 Å². The van der Waals surface area contributed by atoms with Gasteiger partial charge < -0.3 is 0 Å². The number of hydrogen-bond donors (Lipinski definition) is 0. The maximum atomic E-state index is 8.73. The smallest absolute Gasteiger partial charge is 0.0621 e. The Balaban J connectivity index is 2.16. The highest BCUT2D eigenvalue weighted by Gasteiger charge is 2.35. The van der Waals surface area contributed by atoms with Crippen LogP contribution in [0.15, 0.2) is 30.3 Å². The summed E-state index contributed by atoms with van der Waals surface area (Å²) in [5, 5.41) is 8.73. The average molecular weight is 225 g/mol. The molecular formula is C16H19N. The van der Waals surface area contributed by atoms with Crippen molar-refractivity contribution in [1.29, 1.82) is 5.26 Å². The van der Waals surface area contributed by atoms with Crippen LogP contribution in [0.4, 0.5) is 0 Å². The lowest BCUT2D eigenvalue weighted by Crippen LogP contribution is -2.12. The minimum atomic E-state index is 0.559. The van der Waals surface area contributed by atoms with Gasteiger partial charge >= 0.3 is 0 Å². The fourth-order valence-corrected chi connectivity index (χ4v) is 3.01. The topological polar surface area (TPSA) is 23.8 Å². The molecule has 0 bridgehead atoms. The average Bonchev–Trinajstić information content (AvgIpc) is 2.80. The van der Waals surface area contributed by atoms with Crippen LogP contribution >= 0.6 is 0 Å². The molecule has 1 aliphatic rings. The van der Waals surface area contributed by atoms with Crippen molar-refractivity contribution in [2.45, 2.75) is 31.6 Å². The first-order valence-electron chi connectivity index (χ1n) is 6.41. The Morgan fingerprint density at radius 2 is 2.06 bits per heavy atom. The zero-order valence-corrected chi connectivity index (χ0v) is 10.2. The summed E-state index contributed by atoms with van der Waals surface area (Å²) < 4.78 is 0. The molecule has 0 heterocycles. The molecule has 0 saturated heterocycles. The molecular weight excluding hydrogens is 206 g/mol. The summed E-state index contributed by atoms with van der Waals surface area (Å²) in [6.45, 7) is 4.07. The van der Waals surface area contributed by atoms with E-state index in [9.17, 15) is 0 Å². The molecule has 3 unspecified atom stereocenters. The molecule has 17 heavy (non-hydrogen) atoms. The van der Waals surface area contributed by atoms with Gasteiger partial charge in [-0.25, -0.2) is 0 Å². The lowest BCUT2D eigenvalue weighted by Gasteiger charge is -2.24. The van der Waals surface area contributed by atoms with E-state index in [1.807, 2.05) is 0 Å². The van der Waals surface area contributed by atoms with Gasteiger partial charge in [-0.05, 0) is 49.0 Å². The molecule has 0 aliphatic heterocycles.